The van der Waals surface area contributed by atoms with Crippen LogP contribution in [0, 0.1) is 6.92 Å². The Kier molecular flexibility index (Phi) is 3.82. The molecule has 0 unspecified atom stereocenters. The highest BCUT2D eigenvalue weighted by Crippen LogP contribution is 2.24. The van der Waals surface area contributed by atoms with Crippen molar-refractivity contribution in [1.29, 1.82) is 0 Å². The van der Waals surface area contributed by atoms with E-state index >= 15 is 0 Å². The van der Waals surface area contributed by atoms with E-state index in [1.54, 1.807) is 31.2 Å². The van der Waals surface area contributed by atoms with E-state index in [-0.39, 0.29) is 5.91 Å². The van der Waals surface area contributed by atoms with Gasteiger partial charge >= 0.3 is 0 Å². The molecule has 0 aliphatic heterocycles. The summed E-state index contributed by atoms with van der Waals surface area (Å²) in [6.45, 7) is 1.79. The first kappa shape index (κ1) is 14.3. The number of oxazole rings is 1. The molecule has 6 heteroatoms. The minimum absolute atomic E-state index is 0.192. The van der Waals surface area contributed by atoms with Crippen molar-refractivity contribution in [3.8, 4) is 0 Å². The Hall–Kier alpha value is -1.66. The number of fused-ring (bicyclic) bond motifs is 1. The number of rotatable bonds is 2. The highest BCUT2D eigenvalue weighted by molar-refractivity contribution is 9.11. The van der Waals surface area contributed by atoms with Gasteiger partial charge in [0.2, 0.25) is 0 Å². The zero-order valence-corrected chi connectivity index (χ0v) is 14.2. The molecule has 1 N–H and O–H groups in total. The number of amides is 1. The summed E-state index contributed by atoms with van der Waals surface area (Å²) in [7, 11) is 0. The molecule has 21 heavy (non-hydrogen) atoms. The van der Waals surface area contributed by atoms with Crippen molar-refractivity contribution < 1.29 is 9.21 Å². The van der Waals surface area contributed by atoms with E-state index in [9.17, 15) is 4.79 Å². The summed E-state index contributed by atoms with van der Waals surface area (Å²) in [5.74, 6) is 0.408. The maximum atomic E-state index is 12.3. The van der Waals surface area contributed by atoms with Crippen molar-refractivity contribution in [2.45, 2.75) is 6.92 Å². The number of carbonyl (C=O) groups excluding carboxylic acids is 1. The van der Waals surface area contributed by atoms with Gasteiger partial charge in [-0.3, -0.25) is 4.79 Å². The molecule has 1 amide bonds. The highest BCUT2D eigenvalue weighted by Gasteiger charge is 2.12. The molecule has 2 aromatic carbocycles. The van der Waals surface area contributed by atoms with Crippen LogP contribution < -0.4 is 5.32 Å². The summed E-state index contributed by atoms with van der Waals surface area (Å²) in [6.07, 6.45) is 0. The second-order valence-electron chi connectivity index (χ2n) is 4.49. The molecule has 0 aliphatic rings. The summed E-state index contributed by atoms with van der Waals surface area (Å²) in [5, 5.41) is 2.86. The number of anilines is 1. The highest BCUT2D eigenvalue weighted by atomic mass is 79.9. The van der Waals surface area contributed by atoms with Crippen LogP contribution in [-0.4, -0.2) is 10.9 Å². The molecular formula is C15H10Br2N2O2. The van der Waals surface area contributed by atoms with Crippen molar-refractivity contribution in [1.82, 2.24) is 4.98 Å². The molecule has 0 bridgehead atoms. The van der Waals surface area contributed by atoms with Crippen molar-refractivity contribution in [2.24, 2.45) is 0 Å². The number of nitrogens with zero attached hydrogens (tertiary/aromatic N) is 1. The van der Waals surface area contributed by atoms with Gasteiger partial charge in [0.25, 0.3) is 5.91 Å². The topological polar surface area (TPSA) is 55.1 Å². The van der Waals surface area contributed by atoms with Crippen LogP contribution in [0.1, 0.15) is 16.2 Å². The average molecular weight is 410 g/mol. The fraction of sp³-hybridized carbons (Fsp3) is 0.0667. The number of nitrogens with one attached hydrogen (secondary N) is 1. The predicted octanol–water partition coefficient (Wildman–Crippen LogP) is 4.91. The van der Waals surface area contributed by atoms with Gasteiger partial charge in [-0.2, -0.15) is 0 Å². The lowest BCUT2D eigenvalue weighted by Crippen LogP contribution is -2.12. The largest absolute Gasteiger partial charge is 0.441 e. The Balaban J connectivity index is 1.90. The summed E-state index contributed by atoms with van der Waals surface area (Å²) >= 11 is 6.74. The number of hydrogen-bond donors (Lipinski definition) is 1. The fourth-order valence-electron chi connectivity index (χ4n) is 1.99. The molecule has 0 fully saturated rings. The van der Waals surface area contributed by atoms with Gasteiger partial charge in [0, 0.05) is 21.6 Å². The molecule has 3 rings (SSSR count). The first-order chi connectivity index (χ1) is 10.0. The summed E-state index contributed by atoms with van der Waals surface area (Å²) < 4.78 is 6.99. The smallest absolute Gasteiger partial charge is 0.256 e. The quantitative estimate of drug-likeness (QED) is 0.653. The van der Waals surface area contributed by atoms with Gasteiger partial charge in [0.1, 0.15) is 5.52 Å². The molecule has 1 aromatic heterocycles. The standard InChI is InChI=1S/C15H10Br2N2O2/c1-8-18-13-7-10(3-5-14(13)21-8)19-15(20)11-6-9(16)2-4-12(11)17/h2-7H,1H3,(H,19,20). The monoisotopic (exact) mass is 408 g/mol. The Morgan fingerprint density at radius 3 is 2.81 bits per heavy atom. The lowest BCUT2D eigenvalue weighted by Gasteiger charge is -2.07. The molecular weight excluding hydrogens is 400 g/mol. The minimum Gasteiger partial charge on any atom is -0.441 e. The molecule has 1 heterocycles. The van der Waals surface area contributed by atoms with E-state index in [0.717, 1.165) is 14.5 Å². The van der Waals surface area contributed by atoms with Crippen LogP contribution in [0.3, 0.4) is 0 Å². The van der Waals surface area contributed by atoms with Gasteiger partial charge in [-0.25, -0.2) is 4.98 Å². The number of aromatic nitrogens is 1. The number of halogens is 2. The predicted molar refractivity (Wildman–Crippen MR) is 88.5 cm³/mol. The van der Waals surface area contributed by atoms with Crippen LogP contribution >= 0.6 is 31.9 Å². The summed E-state index contributed by atoms with van der Waals surface area (Å²) in [4.78, 5) is 16.6. The van der Waals surface area contributed by atoms with Gasteiger partial charge in [0.05, 0.1) is 5.56 Å². The van der Waals surface area contributed by atoms with Crippen molar-refractivity contribution in [3.63, 3.8) is 0 Å². The summed E-state index contributed by atoms with van der Waals surface area (Å²) in [6, 6.07) is 10.8. The van der Waals surface area contributed by atoms with Gasteiger partial charge in [-0.15, -0.1) is 0 Å². The van der Waals surface area contributed by atoms with Crippen LogP contribution in [0.25, 0.3) is 11.1 Å². The number of aryl methyl sites for hydroxylation is 1. The fourth-order valence-corrected chi connectivity index (χ4v) is 2.78. The van der Waals surface area contributed by atoms with E-state index in [1.807, 2.05) is 12.1 Å². The van der Waals surface area contributed by atoms with E-state index in [0.29, 0.717) is 22.7 Å². The second-order valence-corrected chi connectivity index (χ2v) is 6.26. The molecule has 0 aliphatic carbocycles. The number of hydrogen-bond acceptors (Lipinski definition) is 3. The van der Waals surface area contributed by atoms with Crippen LogP contribution in [0.5, 0.6) is 0 Å². The van der Waals surface area contributed by atoms with Gasteiger partial charge in [-0.1, -0.05) is 15.9 Å². The zero-order chi connectivity index (χ0) is 15.0. The molecule has 4 nitrogen and oxygen atoms in total. The molecule has 0 saturated carbocycles. The third-order valence-electron chi connectivity index (χ3n) is 2.93. The lowest BCUT2D eigenvalue weighted by molar-refractivity contribution is 0.102. The Labute approximate surface area is 137 Å². The minimum atomic E-state index is -0.192. The van der Waals surface area contributed by atoms with Crippen molar-refractivity contribution >= 4 is 54.6 Å². The Morgan fingerprint density at radius 2 is 2.00 bits per heavy atom. The van der Waals surface area contributed by atoms with Crippen LogP contribution in [0.15, 0.2) is 49.8 Å². The van der Waals surface area contributed by atoms with E-state index < -0.39 is 0 Å². The SMILES string of the molecule is Cc1nc2cc(NC(=O)c3cc(Br)ccc3Br)ccc2o1. The molecule has 106 valence electrons. The van der Waals surface area contributed by atoms with Crippen LogP contribution in [0.4, 0.5) is 5.69 Å². The van der Waals surface area contributed by atoms with Crippen LogP contribution in [0.2, 0.25) is 0 Å². The third-order valence-corrected chi connectivity index (χ3v) is 4.11. The lowest BCUT2D eigenvalue weighted by atomic mass is 10.2. The molecule has 0 saturated heterocycles. The van der Waals surface area contributed by atoms with E-state index in [2.05, 4.69) is 42.2 Å². The van der Waals surface area contributed by atoms with E-state index in [4.69, 9.17) is 4.42 Å². The maximum absolute atomic E-state index is 12.3. The van der Waals surface area contributed by atoms with Gasteiger partial charge in [0.15, 0.2) is 11.5 Å². The first-order valence-electron chi connectivity index (χ1n) is 6.16. The first-order valence-corrected chi connectivity index (χ1v) is 7.75. The Morgan fingerprint density at radius 1 is 1.19 bits per heavy atom. The van der Waals surface area contributed by atoms with Gasteiger partial charge < -0.3 is 9.73 Å². The van der Waals surface area contributed by atoms with E-state index in [1.165, 1.54) is 0 Å². The number of carbonyl (C=O) groups is 1. The number of benzene rings is 2. The average Bonchev–Trinajstić information content (AvgIpc) is 2.80. The molecule has 0 spiro atoms. The molecule has 3 aromatic rings. The summed E-state index contributed by atoms with van der Waals surface area (Å²) in [5.41, 5.74) is 2.65. The van der Waals surface area contributed by atoms with Gasteiger partial charge in [-0.05, 0) is 52.3 Å². The van der Waals surface area contributed by atoms with Crippen molar-refractivity contribution in [2.75, 3.05) is 5.32 Å². The Bertz CT molecular complexity index is 843. The second kappa shape index (κ2) is 5.61. The van der Waals surface area contributed by atoms with Crippen molar-refractivity contribution in [3.05, 3.63) is 56.8 Å². The molecule has 0 atom stereocenters. The third kappa shape index (κ3) is 3.01. The molecule has 0 radical (unpaired) electrons. The normalized spacial score (nSPS) is 10.8. The maximum Gasteiger partial charge on any atom is 0.256 e. The zero-order valence-electron chi connectivity index (χ0n) is 11.0. The van der Waals surface area contributed by atoms with Crippen LogP contribution in [-0.2, 0) is 0 Å².